The second-order valence-corrected chi connectivity index (χ2v) is 6.41. The minimum atomic E-state index is -0.661. The van der Waals surface area contributed by atoms with Crippen LogP contribution in [0.3, 0.4) is 0 Å². The van der Waals surface area contributed by atoms with Crippen molar-refractivity contribution in [3.05, 3.63) is 35.4 Å². The van der Waals surface area contributed by atoms with E-state index in [-0.39, 0.29) is 5.78 Å². The van der Waals surface area contributed by atoms with Crippen molar-refractivity contribution in [3.8, 4) is 0 Å². The molecule has 1 aliphatic rings. The number of carbonyl (C=O) groups excluding carboxylic acids is 2. The number of guanidine groups is 1. The van der Waals surface area contributed by atoms with E-state index < -0.39 is 12.0 Å². The molecule has 0 aromatic heterocycles. The number of Topliss-reactive ketones (excluding diaryl/α,β-unsaturated/α-hetero) is 1. The lowest BCUT2D eigenvalue weighted by atomic mass is 10.0. The Hall–Kier alpha value is -2.41. The van der Waals surface area contributed by atoms with E-state index in [1.807, 2.05) is 24.3 Å². The SMILES string of the molecule is COC(=O)[C@@H](N)Cc1ccc(CC(=O)CCCCNC2=NCCN2)cc1. The van der Waals surface area contributed by atoms with Crippen LogP contribution >= 0.6 is 0 Å². The molecule has 2 rings (SSSR count). The summed E-state index contributed by atoms with van der Waals surface area (Å²) >= 11 is 0. The Labute approximate surface area is 154 Å². The lowest BCUT2D eigenvalue weighted by Crippen LogP contribution is -2.34. The van der Waals surface area contributed by atoms with E-state index in [4.69, 9.17) is 5.73 Å². The van der Waals surface area contributed by atoms with Gasteiger partial charge in [0.05, 0.1) is 13.7 Å². The summed E-state index contributed by atoms with van der Waals surface area (Å²) in [6, 6.07) is 6.99. The van der Waals surface area contributed by atoms with Crippen molar-refractivity contribution in [2.75, 3.05) is 26.7 Å². The van der Waals surface area contributed by atoms with E-state index in [9.17, 15) is 9.59 Å². The Morgan fingerprint density at radius 2 is 2.00 bits per heavy atom. The van der Waals surface area contributed by atoms with Crippen LogP contribution in [0.2, 0.25) is 0 Å². The molecule has 7 heteroatoms. The number of nitrogens with two attached hydrogens (primary N) is 1. The van der Waals surface area contributed by atoms with Crippen molar-refractivity contribution in [2.45, 2.75) is 38.1 Å². The average molecular weight is 360 g/mol. The van der Waals surface area contributed by atoms with Gasteiger partial charge in [0, 0.05) is 25.9 Å². The van der Waals surface area contributed by atoms with Crippen molar-refractivity contribution in [1.29, 1.82) is 0 Å². The van der Waals surface area contributed by atoms with E-state index in [0.717, 1.165) is 49.6 Å². The predicted molar refractivity (Wildman–Crippen MR) is 101 cm³/mol. The molecule has 0 amide bonds. The van der Waals surface area contributed by atoms with Crippen molar-refractivity contribution >= 4 is 17.7 Å². The molecule has 0 unspecified atom stereocenters. The monoisotopic (exact) mass is 360 g/mol. The molecule has 142 valence electrons. The molecule has 0 spiro atoms. The number of carbonyl (C=O) groups is 2. The number of ether oxygens (including phenoxy) is 1. The van der Waals surface area contributed by atoms with Gasteiger partial charge in [-0.25, -0.2) is 0 Å². The fourth-order valence-electron chi connectivity index (χ4n) is 2.77. The van der Waals surface area contributed by atoms with E-state index in [0.29, 0.717) is 19.3 Å². The fraction of sp³-hybridized carbons (Fsp3) is 0.526. The summed E-state index contributed by atoms with van der Waals surface area (Å²) in [5, 5.41) is 6.38. The molecule has 0 saturated carbocycles. The summed E-state index contributed by atoms with van der Waals surface area (Å²) in [7, 11) is 1.33. The van der Waals surface area contributed by atoms with Crippen molar-refractivity contribution in [1.82, 2.24) is 10.6 Å². The third-order valence-electron chi connectivity index (χ3n) is 4.23. The van der Waals surface area contributed by atoms with Gasteiger partial charge in [0.2, 0.25) is 0 Å². The van der Waals surface area contributed by atoms with Crippen molar-refractivity contribution in [3.63, 3.8) is 0 Å². The number of hydrogen-bond acceptors (Lipinski definition) is 7. The lowest BCUT2D eigenvalue weighted by molar-refractivity contribution is -0.142. The Kier molecular flexibility index (Phi) is 8.08. The third kappa shape index (κ3) is 6.84. The van der Waals surface area contributed by atoms with Gasteiger partial charge in [0.15, 0.2) is 5.96 Å². The van der Waals surface area contributed by atoms with Gasteiger partial charge in [-0.1, -0.05) is 24.3 Å². The first-order valence-electron chi connectivity index (χ1n) is 9.03. The number of benzene rings is 1. The van der Waals surface area contributed by atoms with Gasteiger partial charge in [0.1, 0.15) is 11.8 Å². The van der Waals surface area contributed by atoms with Gasteiger partial charge in [0.25, 0.3) is 0 Å². The normalized spacial score (nSPS) is 14.3. The minimum Gasteiger partial charge on any atom is -0.468 e. The zero-order valence-corrected chi connectivity index (χ0v) is 15.3. The number of ketones is 1. The van der Waals surface area contributed by atoms with E-state index >= 15 is 0 Å². The van der Waals surface area contributed by atoms with E-state index in [1.165, 1.54) is 7.11 Å². The maximum atomic E-state index is 12.1. The summed E-state index contributed by atoms with van der Waals surface area (Å²) in [5.74, 6) is 0.679. The maximum absolute atomic E-state index is 12.1. The summed E-state index contributed by atoms with van der Waals surface area (Å²) in [4.78, 5) is 27.7. The fourth-order valence-corrected chi connectivity index (χ4v) is 2.77. The number of rotatable bonds is 10. The molecule has 1 aromatic rings. The first-order valence-corrected chi connectivity index (χ1v) is 9.03. The Morgan fingerprint density at radius 3 is 2.65 bits per heavy atom. The highest BCUT2D eigenvalue weighted by Crippen LogP contribution is 2.09. The molecule has 26 heavy (non-hydrogen) atoms. The molecule has 0 aliphatic carbocycles. The van der Waals surface area contributed by atoms with Gasteiger partial charge in [-0.3, -0.25) is 14.6 Å². The molecule has 1 aliphatic heterocycles. The zero-order valence-electron chi connectivity index (χ0n) is 15.3. The largest absolute Gasteiger partial charge is 0.468 e. The molecule has 0 fully saturated rings. The predicted octanol–water partition coefficient (Wildman–Crippen LogP) is 0.560. The first kappa shape index (κ1) is 19.9. The van der Waals surface area contributed by atoms with E-state index in [2.05, 4.69) is 20.4 Å². The van der Waals surface area contributed by atoms with Gasteiger partial charge in [-0.05, 0) is 30.4 Å². The van der Waals surface area contributed by atoms with Gasteiger partial charge in [-0.15, -0.1) is 0 Å². The van der Waals surface area contributed by atoms with Crippen LogP contribution in [0.4, 0.5) is 0 Å². The van der Waals surface area contributed by atoms with Crippen LogP contribution in [-0.4, -0.2) is 50.5 Å². The smallest absolute Gasteiger partial charge is 0.322 e. The molecular formula is C19H28N4O3. The highest BCUT2D eigenvalue weighted by Gasteiger charge is 2.14. The Balaban J connectivity index is 1.64. The molecule has 0 saturated heterocycles. The van der Waals surface area contributed by atoms with Crippen LogP contribution in [-0.2, 0) is 27.2 Å². The maximum Gasteiger partial charge on any atom is 0.322 e. The van der Waals surface area contributed by atoms with Crippen molar-refractivity contribution < 1.29 is 14.3 Å². The van der Waals surface area contributed by atoms with Crippen LogP contribution in [0.1, 0.15) is 30.4 Å². The highest BCUT2D eigenvalue weighted by atomic mass is 16.5. The third-order valence-corrected chi connectivity index (χ3v) is 4.23. The molecule has 1 aromatic carbocycles. The Morgan fingerprint density at radius 1 is 1.27 bits per heavy atom. The number of unbranched alkanes of at least 4 members (excludes halogenated alkanes) is 1. The number of esters is 1. The number of nitrogens with one attached hydrogen (secondary N) is 2. The first-order chi connectivity index (χ1) is 12.6. The number of hydrogen-bond donors (Lipinski definition) is 3. The number of aliphatic imine (C=N–C) groups is 1. The molecule has 1 atom stereocenters. The lowest BCUT2D eigenvalue weighted by Gasteiger charge is -2.09. The second kappa shape index (κ2) is 10.6. The second-order valence-electron chi connectivity index (χ2n) is 6.41. The average Bonchev–Trinajstić information content (AvgIpc) is 3.15. The molecule has 4 N–H and O–H groups in total. The molecular weight excluding hydrogens is 332 g/mol. The molecule has 7 nitrogen and oxygen atoms in total. The molecule has 0 radical (unpaired) electrons. The van der Waals surface area contributed by atoms with Crippen molar-refractivity contribution in [2.24, 2.45) is 10.7 Å². The Bertz CT molecular complexity index is 628. The van der Waals surface area contributed by atoms with Gasteiger partial charge >= 0.3 is 5.97 Å². The zero-order chi connectivity index (χ0) is 18.8. The minimum absolute atomic E-state index is 0.236. The standard InChI is InChI=1S/C19H28N4O3/c1-26-18(25)17(20)13-15-7-5-14(6-8-15)12-16(24)4-2-3-9-21-19-22-10-11-23-19/h5-8,17H,2-4,9-13,20H2,1H3,(H2,21,22,23)/t17-/m0/s1. The van der Waals surface area contributed by atoms with Crippen LogP contribution in [0.5, 0.6) is 0 Å². The van der Waals surface area contributed by atoms with Gasteiger partial charge in [-0.2, -0.15) is 0 Å². The summed E-state index contributed by atoms with van der Waals surface area (Å²) in [5.41, 5.74) is 7.68. The van der Waals surface area contributed by atoms with Crippen LogP contribution < -0.4 is 16.4 Å². The topological polar surface area (TPSA) is 106 Å². The quantitative estimate of drug-likeness (QED) is 0.416. The summed E-state index contributed by atoms with van der Waals surface area (Å²) in [6.07, 6.45) is 3.25. The highest BCUT2D eigenvalue weighted by molar-refractivity contribution is 5.81. The van der Waals surface area contributed by atoms with Crippen LogP contribution in [0, 0.1) is 0 Å². The van der Waals surface area contributed by atoms with E-state index in [1.54, 1.807) is 0 Å². The number of nitrogens with zero attached hydrogens (tertiary/aromatic N) is 1. The van der Waals surface area contributed by atoms with Gasteiger partial charge < -0.3 is 21.1 Å². The molecule has 1 heterocycles. The molecule has 0 bridgehead atoms. The summed E-state index contributed by atoms with van der Waals surface area (Å²) < 4.78 is 4.62. The van der Waals surface area contributed by atoms with Crippen LogP contribution in [0.25, 0.3) is 0 Å². The van der Waals surface area contributed by atoms with Crippen LogP contribution in [0.15, 0.2) is 29.3 Å². The number of methoxy groups -OCH3 is 1. The summed E-state index contributed by atoms with van der Waals surface area (Å²) in [6.45, 7) is 2.55.